The third-order valence-electron chi connectivity index (χ3n) is 3.65. The van der Waals surface area contributed by atoms with Crippen molar-refractivity contribution >= 4 is 5.52 Å². The molecule has 0 saturated heterocycles. The molecule has 5 heteroatoms. The van der Waals surface area contributed by atoms with Crippen molar-refractivity contribution in [3.05, 3.63) is 36.3 Å². The first kappa shape index (κ1) is 10.6. The average molecular weight is 254 g/mol. The van der Waals surface area contributed by atoms with Crippen molar-refractivity contribution in [3.63, 3.8) is 0 Å². The number of H-pyrrole nitrogens is 1. The third-order valence-corrected chi connectivity index (χ3v) is 3.65. The Morgan fingerprint density at radius 1 is 1.42 bits per heavy atom. The lowest BCUT2D eigenvalue weighted by atomic mass is 10.1. The molecule has 0 spiro atoms. The largest absolute Gasteiger partial charge is 0.494 e. The second kappa shape index (κ2) is 3.85. The van der Waals surface area contributed by atoms with Crippen molar-refractivity contribution in [2.45, 2.75) is 18.8 Å². The van der Waals surface area contributed by atoms with Crippen molar-refractivity contribution in [3.8, 4) is 17.0 Å². The molecule has 5 nitrogen and oxygen atoms in total. The Morgan fingerprint density at radius 2 is 2.32 bits per heavy atom. The molecule has 4 rings (SSSR count). The van der Waals surface area contributed by atoms with E-state index in [1.165, 1.54) is 18.4 Å². The summed E-state index contributed by atoms with van der Waals surface area (Å²) in [6.07, 6.45) is 8.23. The van der Waals surface area contributed by atoms with Crippen molar-refractivity contribution in [1.29, 1.82) is 0 Å². The summed E-state index contributed by atoms with van der Waals surface area (Å²) in [5, 5.41) is 11.4. The van der Waals surface area contributed by atoms with Crippen LogP contribution in [0.4, 0.5) is 0 Å². The van der Waals surface area contributed by atoms with Crippen molar-refractivity contribution in [2.75, 3.05) is 7.11 Å². The van der Waals surface area contributed by atoms with Gasteiger partial charge in [0.05, 0.1) is 19.0 Å². The number of nitrogens with zero attached hydrogens (tertiary/aromatic N) is 3. The molecule has 96 valence electrons. The van der Waals surface area contributed by atoms with Gasteiger partial charge in [0.1, 0.15) is 11.3 Å². The van der Waals surface area contributed by atoms with Crippen LogP contribution in [0.2, 0.25) is 0 Å². The molecule has 1 fully saturated rings. The Hall–Kier alpha value is -2.30. The SMILES string of the molecule is COc1cc(-c2ccn[nH]2)cn2ncc(C3CC3)c12. The molecule has 19 heavy (non-hydrogen) atoms. The van der Waals surface area contributed by atoms with Crippen LogP contribution in [0.15, 0.2) is 30.7 Å². The van der Waals surface area contributed by atoms with Gasteiger partial charge in [0.2, 0.25) is 0 Å². The van der Waals surface area contributed by atoms with Crippen LogP contribution in [-0.2, 0) is 0 Å². The number of aromatic nitrogens is 4. The fraction of sp³-hybridized carbons (Fsp3) is 0.286. The predicted octanol–water partition coefficient (Wildman–Crippen LogP) is 2.61. The Kier molecular flexibility index (Phi) is 2.15. The predicted molar refractivity (Wildman–Crippen MR) is 71.3 cm³/mol. The molecule has 0 aliphatic heterocycles. The van der Waals surface area contributed by atoms with E-state index in [0.29, 0.717) is 5.92 Å². The van der Waals surface area contributed by atoms with Crippen LogP contribution in [0, 0.1) is 0 Å². The van der Waals surface area contributed by atoms with Gasteiger partial charge in [0, 0.05) is 23.5 Å². The number of rotatable bonds is 3. The van der Waals surface area contributed by atoms with E-state index in [9.17, 15) is 0 Å². The summed E-state index contributed by atoms with van der Waals surface area (Å²) in [5.41, 5.74) is 4.37. The molecule has 1 saturated carbocycles. The highest BCUT2D eigenvalue weighted by molar-refractivity contribution is 5.72. The monoisotopic (exact) mass is 254 g/mol. The van der Waals surface area contributed by atoms with Gasteiger partial charge in [0.25, 0.3) is 0 Å². The number of methoxy groups -OCH3 is 1. The molecule has 1 N–H and O–H groups in total. The number of fused-ring (bicyclic) bond motifs is 1. The van der Waals surface area contributed by atoms with Crippen LogP contribution in [0.25, 0.3) is 16.8 Å². The van der Waals surface area contributed by atoms with Crippen molar-refractivity contribution in [2.24, 2.45) is 0 Å². The maximum absolute atomic E-state index is 5.55. The van der Waals surface area contributed by atoms with E-state index in [1.54, 1.807) is 13.3 Å². The first-order valence-corrected chi connectivity index (χ1v) is 6.42. The summed E-state index contributed by atoms with van der Waals surface area (Å²) in [4.78, 5) is 0. The minimum Gasteiger partial charge on any atom is -0.494 e. The minimum absolute atomic E-state index is 0.657. The van der Waals surface area contributed by atoms with Crippen molar-refractivity contribution in [1.82, 2.24) is 19.8 Å². The fourth-order valence-electron chi connectivity index (χ4n) is 2.52. The quantitative estimate of drug-likeness (QED) is 0.781. The lowest BCUT2D eigenvalue weighted by molar-refractivity contribution is 0.417. The first-order valence-electron chi connectivity index (χ1n) is 6.42. The van der Waals surface area contributed by atoms with Gasteiger partial charge in [-0.15, -0.1) is 0 Å². The second-order valence-electron chi connectivity index (χ2n) is 4.93. The molecule has 1 aliphatic carbocycles. The molecule has 0 bridgehead atoms. The third kappa shape index (κ3) is 1.62. The van der Waals surface area contributed by atoms with Crippen LogP contribution < -0.4 is 4.74 Å². The molecule has 1 aliphatic rings. The van der Waals surface area contributed by atoms with E-state index in [2.05, 4.69) is 15.3 Å². The van der Waals surface area contributed by atoms with E-state index < -0.39 is 0 Å². The Morgan fingerprint density at radius 3 is 3.00 bits per heavy atom. The standard InChI is InChI=1S/C14H14N4O/c1-19-13-6-10(12-4-5-15-17-12)8-18-14(13)11(7-16-18)9-2-3-9/h4-9H,2-3H2,1H3,(H,15,17). The highest BCUT2D eigenvalue weighted by Crippen LogP contribution is 2.44. The summed E-state index contributed by atoms with van der Waals surface area (Å²) < 4.78 is 7.45. The van der Waals surface area contributed by atoms with E-state index >= 15 is 0 Å². The van der Waals surface area contributed by atoms with Gasteiger partial charge in [-0.1, -0.05) is 0 Å². The molecule has 0 aromatic carbocycles. The first-order chi connectivity index (χ1) is 9.36. The maximum Gasteiger partial charge on any atom is 0.145 e. The zero-order valence-electron chi connectivity index (χ0n) is 10.6. The number of nitrogens with one attached hydrogen (secondary N) is 1. The van der Waals surface area contributed by atoms with E-state index in [-0.39, 0.29) is 0 Å². The highest BCUT2D eigenvalue weighted by atomic mass is 16.5. The van der Waals surface area contributed by atoms with Gasteiger partial charge in [-0.3, -0.25) is 5.10 Å². The van der Waals surface area contributed by atoms with Gasteiger partial charge in [-0.05, 0) is 30.9 Å². The number of hydrogen-bond donors (Lipinski definition) is 1. The number of pyridine rings is 1. The molecular weight excluding hydrogens is 240 g/mol. The van der Waals surface area contributed by atoms with Gasteiger partial charge in [-0.25, -0.2) is 4.52 Å². The van der Waals surface area contributed by atoms with Crippen LogP contribution in [0.1, 0.15) is 24.3 Å². The van der Waals surface area contributed by atoms with E-state index in [1.807, 2.05) is 29.0 Å². The smallest absolute Gasteiger partial charge is 0.145 e. The number of ether oxygens (including phenoxy) is 1. The van der Waals surface area contributed by atoms with Crippen LogP contribution in [-0.4, -0.2) is 26.9 Å². The molecule has 0 radical (unpaired) electrons. The number of hydrogen-bond acceptors (Lipinski definition) is 3. The summed E-state index contributed by atoms with van der Waals surface area (Å²) in [6.45, 7) is 0. The highest BCUT2D eigenvalue weighted by Gasteiger charge is 2.28. The van der Waals surface area contributed by atoms with E-state index in [0.717, 1.165) is 22.5 Å². The Labute approximate surface area is 110 Å². The maximum atomic E-state index is 5.55. The molecule has 3 aromatic rings. The Bertz CT molecular complexity index is 725. The summed E-state index contributed by atoms with van der Waals surface area (Å²) in [5.74, 6) is 1.52. The van der Waals surface area contributed by atoms with Crippen LogP contribution in [0.5, 0.6) is 5.75 Å². The second-order valence-corrected chi connectivity index (χ2v) is 4.93. The molecule has 0 atom stereocenters. The summed E-state index contributed by atoms with van der Waals surface area (Å²) >= 11 is 0. The fourth-order valence-corrected chi connectivity index (χ4v) is 2.52. The number of aromatic amines is 1. The average Bonchev–Trinajstić information content (AvgIpc) is 2.98. The summed E-state index contributed by atoms with van der Waals surface area (Å²) in [7, 11) is 1.70. The van der Waals surface area contributed by atoms with E-state index in [4.69, 9.17) is 4.74 Å². The minimum atomic E-state index is 0.657. The molecule has 0 unspecified atom stereocenters. The van der Waals surface area contributed by atoms with Gasteiger partial charge >= 0.3 is 0 Å². The van der Waals surface area contributed by atoms with Gasteiger partial charge in [0.15, 0.2) is 0 Å². The zero-order chi connectivity index (χ0) is 12.8. The molecule has 0 amide bonds. The molecule has 3 aromatic heterocycles. The lowest BCUT2D eigenvalue weighted by Crippen LogP contribution is -1.95. The van der Waals surface area contributed by atoms with Crippen molar-refractivity contribution < 1.29 is 4.74 Å². The normalized spacial score (nSPS) is 15.0. The molecular formula is C14H14N4O. The Balaban J connectivity index is 1.95. The summed E-state index contributed by atoms with van der Waals surface area (Å²) in [6, 6.07) is 3.97. The van der Waals surface area contributed by atoms with Crippen LogP contribution in [0.3, 0.4) is 0 Å². The molecule has 3 heterocycles. The topological polar surface area (TPSA) is 55.2 Å². The lowest BCUT2D eigenvalue weighted by Gasteiger charge is -2.07. The zero-order valence-corrected chi connectivity index (χ0v) is 10.6. The van der Waals surface area contributed by atoms with Crippen LogP contribution >= 0.6 is 0 Å². The van der Waals surface area contributed by atoms with Gasteiger partial charge < -0.3 is 4.74 Å². The van der Waals surface area contributed by atoms with Gasteiger partial charge in [-0.2, -0.15) is 10.2 Å².